The summed E-state index contributed by atoms with van der Waals surface area (Å²) in [7, 11) is 3.65. The Hall–Kier alpha value is -5.81. The highest BCUT2D eigenvalue weighted by Gasteiger charge is 2.33. The molecule has 5 aromatic rings. The number of amides is 3. The van der Waals surface area contributed by atoms with E-state index in [1.54, 1.807) is 30.1 Å². The Labute approximate surface area is 361 Å². The van der Waals surface area contributed by atoms with Gasteiger partial charge in [-0.2, -0.15) is 10.2 Å². The quantitative estimate of drug-likeness (QED) is 0.153. The number of fused-ring (bicyclic) bond motifs is 2. The number of anilines is 1. The van der Waals surface area contributed by atoms with Crippen LogP contribution in [0.15, 0.2) is 47.7 Å². The average Bonchev–Trinajstić information content (AvgIpc) is 3.98. The molecule has 2 atom stereocenters. The Kier molecular flexibility index (Phi) is 12.2. The van der Waals surface area contributed by atoms with E-state index in [1.807, 2.05) is 19.2 Å². The zero-order chi connectivity index (χ0) is 43.8. The lowest BCUT2D eigenvalue weighted by Crippen LogP contribution is -2.44. The molecule has 63 heavy (non-hydrogen) atoms. The third-order valence-corrected chi connectivity index (χ3v) is 13.1. The zero-order valence-corrected chi connectivity index (χ0v) is 35.3. The monoisotopic (exact) mass is 867 g/mol. The Morgan fingerprint density at radius 3 is 2.60 bits per heavy atom. The van der Waals surface area contributed by atoms with Crippen LogP contribution in [0.1, 0.15) is 103 Å². The summed E-state index contributed by atoms with van der Waals surface area (Å²) in [5, 5.41) is 13.6. The second-order valence-electron chi connectivity index (χ2n) is 17.1. The maximum absolute atomic E-state index is 14.3. The molecule has 17 nitrogen and oxygen atoms in total. The first kappa shape index (κ1) is 42.5. The number of hydrogen-bond donors (Lipinski definition) is 2. The van der Waals surface area contributed by atoms with Crippen molar-refractivity contribution in [3.05, 3.63) is 75.9 Å². The van der Waals surface area contributed by atoms with Gasteiger partial charge in [0.15, 0.2) is 11.3 Å². The molecule has 3 saturated heterocycles. The van der Waals surface area contributed by atoms with Gasteiger partial charge in [-0.1, -0.05) is 17.9 Å². The van der Waals surface area contributed by atoms with Crippen LogP contribution in [0.25, 0.3) is 16.7 Å². The number of imidazole rings is 1. The summed E-state index contributed by atoms with van der Waals surface area (Å²) in [6.45, 7) is 4.88. The number of nitrogens with zero attached hydrogens (tertiary/aromatic N) is 9. The lowest BCUT2D eigenvalue weighted by atomic mass is 9.85. The van der Waals surface area contributed by atoms with Gasteiger partial charge in [0.2, 0.25) is 11.8 Å². The fraction of sp³-hybridized carbons (Fsp3) is 0.523. The summed E-state index contributed by atoms with van der Waals surface area (Å²) >= 11 is 0. The first-order chi connectivity index (χ1) is 30.5. The molecule has 4 aromatic heterocycles. The molecule has 19 heteroatoms. The van der Waals surface area contributed by atoms with Gasteiger partial charge < -0.3 is 19.7 Å². The predicted octanol–water partition coefficient (Wildman–Crippen LogP) is 4.01. The van der Waals surface area contributed by atoms with Crippen molar-refractivity contribution in [1.82, 2.24) is 48.6 Å². The van der Waals surface area contributed by atoms with Crippen molar-refractivity contribution in [1.29, 1.82) is 0 Å². The molecule has 0 spiro atoms. The second kappa shape index (κ2) is 18.1. The fourth-order valence-electron chi connectivity index (χ4n) is 9.54. The number of aromatic nitrogens is 7. The maximum atomic E-state index is 14.3. The van der Waals surface area contributed by atoms with Crippen molar-refractivity contribution >= 4 is 40.1 Å². The van der Waals surface area contributed by atoms with Crippen LogP contribution in [0.2, 0.25) is 0 Å². The SMILES string of the molecule is CN1CCOCC1c1ccn2ncc(C(=O)Nc3cn([C@H]4CC[C@H](CN5CCC(OCC#Cc6cccc7c6n(C)c(=O)n7C6CCC(=O)NC6=O)CC5)CC4)nc3C(F)F)c2n1. The maximum Gasteiger partial charge on any atom is 0.329 e. The highest BCUT2D eigenvalue weighted by atomic mass is 19.3. The van der Waals surface area contributed by atoms with Gasteiger partial charge in [-0.25, -0.2) is 23.1 Å². The Morgan fingerprint density at radius 1 is 1.03 bits per heavy atom. The molecule has 9 rings (SSSR count). The van der Waals surface area contributed by atoms with Gasteiger partial charge in [-0.3, -0.25) is 38.4 Å². The van der Waals surface area contributed by atoms with Crippen molar-refractivity contribution in [2.45, 2.75) is 82.0 Å². The normalized spacial score (nSPS) is 23.0. The van der Waals surface area contributed by atoms with E-state index in [-0.39, 0.29) is 60.5 Å². The largest absolute Gasteiger partial charge is 0.378 e. The van der Waals surface area contributed by atoms with Gasteiger partial charge in [0.25, 0.3) is 12.3 Å². The number of aryl methyl sites for hydroxylation is 1. The van der Waals surface area contributed by atoms with Crippen LogP contribution < -0.4 is 16.3 Å². The Morgan fingerprint density at radius 2 is 1.84 bits per heavy atom. The summed E-state index contributed by atoms with van der Waals surface area (Å²) in [5.74, 6) is 5.36. The molecule has 1 saturated carbocycles. The highest BCUT2D eigenvalue weighted by molar-refractivity contribution is 6.08. The Balaban J connectivity index is 0.751. The van der Waals surface area contributed by atoms with Gasteiger partial charge in [0, 0.05) is 52.0 Å². The fourth-order valence-corrected chi connectivity index (χ4v) is 9.54. The van der Waals surface area contributed by atoms with Crippen LogP contribution >= 0.6 is 0 Å². The van der Waals surface area contributed by atoms with E-state index in [4.69, 9.17) is 14.5 Å². The average molecular weight is 868 g/mol. The lowest BCUT2D eigenvalue weighted by Gasteiger charge is -2.36. The molecule has 0 bridgehead atoms. The van der Waals surface area contributed by atoms with Crippen molar-refractivity contribution in [3.63, 3.8) is 0 Å². The van der Waals surface area contributed by atoms with E-state index in [9.17, 15) is 28.0 Å². The van der Waals surface area contributed by atoms with Gasteiger partial charge in [-0.05, 0) is 76.1 Å². The van der Waals surface area contributed by atoms with Crippen molar-refractivity contribution in [2.75, 3.05) is 58.4 Å². The molecule has 2 unspecified atom stereocenters. The Bertz CT molecular complexity index is 2640. The van der Waals surface area contributed by atoms with Crippen LogP contribution in [-0.2, 0) is 26.1 Å². The number of benzene rings is 1. The minimum atomic E-state index is -2.87. The van der Waals surface area contributed by atoms with Gasteiger partial charge in [-0.15, -0.1) is 0 Å². The number of carbonyl (C=O) groups excluding carboxylic acids is 3. The number of imide groups is 1. The predicted molar refractivity (Wildman–Crippen MR) is 226 cm³/mol. The molecule has 1 aliphatic carbocycles. The third kappa shape index (κ3) is 8.77. The van der Waals surface area contributed by atoms with E-state index in [0.29, 0.717) is 41.4 Å². The van der Waals surface area contributed by atoms with E-state index in [0.717, 1.165) is 70.4 Å². The second-order valence-corrected chi connectivity index (χ2v) is 17.1. The zero-order valence-electron chi connectivity index (χ0n) is 35.3. The van der Waals surface area contributed by atoms with Crippen molar-refractivity contribution in [3.8, 4) is 11.8 Å². The van der Waals surface area contributed by atoms with Crippen LogP contribution in [0.4, 0.5) is 14.5 Å². The molecule has 4 aliphatic rings. The molecule has 1 aromatic carbocycles. The van der Waals surface area contributed by atoms with E-state index in [1.165, 1.54) is 26.0 Å². The number of hydrogen-bond acceptors (Lipinski definition) is 11. The first-order valence-corrected chi connectivity index (χ1v) is 21.7. The summed E-state index contributed by atoms with van der Waals surface area (Å²) in [6, 6.07) is 6.39. The number of nitrogens with one attached hydrogen (secondary N) is 2. The first-order valence-electron chi connectivity index (χ1n) is 21.7. The number of likely N-dealkylation sites (tertiary alicyclic amines) is 1. The number of carbonyl (C=O) groups is 3. The van der Waals surface area contributed by atoms with Crippen LogP contribution in [-0.4, -0.2) is 120 Å². The number of ether oxygens (including phenoxy) is 2. The summed E-state index contributed by atoms with van der Waals surface area (Å²) in [6.07, 6.45) is 7.54. The number of alkyl halides is 2. The molecule has 7 heterocycles. The molecule has 2 N–H and O–H groups in total. The van der Waals surface area contributed by atoms with Crippen molar-refractivity contribution in [2.24, 2.45) is 13.0 Å². The topological polar surface area (TPSA) is 175 Å². The van der Waals surface area contributed by atoms with Crippen LogP contribution in [0.5, 0.6) is 0 Å². The summed E-state index contributed by atoms with van der Waals surface area (Å²) in [4.78, 5) is 60.4. The molecule has 332 valence electrons. The minimum Gasteiger partial charge on any atom is -0.378 e. The lowest BCUT2D eigenvalue weighted by molar-refractivity contribution is -0.135. The molecular formula is C44H51F2N11O6. The number of likely N-dealkylation sites (N-methyl/N-ethyl adjacent to an activating group) is 1. The van der Waals surface area contributed by atoms with Gasteiger partial charge in [0.1, 0.15) is 18.2 Å². The van der Waals surface area contributed by atoms with Crippen molar-refractivity contribution < 1.29 is 32.6 Å². The number of para-hydroxylation sites is 1. The van der Waals surface area contributed by atoms with Crippen LogP contribution in [0, 0.1) is 17.8 Å². The standard InChI is InChI=1S/C44H51F2N11O6/c1-52-20-22-62-26-36(52)32-16-19-55-41(48-32)31(23-47-55)42(59)49-33-25-56(51-38(33)40(45)46)29-10-8-27(9-11-29)24-54-17-14-30(15-18-54)63-21-4-6-28-5-3-7-34-39(28)53(2)44(61)57(34)35-12-13-37(58)50-43(35)60/h3,5,7,16,19,23,25,27,29-30,35-36,40H,8-15,17-18,20-22,24,26H2,1-2H3,(H,49,59)(H,50,58,60)/t27-,29-,35?,36?. The third-order valence-electron chi connectivity index (χ3n) is 13.1. The molecule has 0 radical (unpaired) electrons. The molecule has 3 aliphatic heterocycles. The smallest absolute Gasteiger partial charge is 0.329 e. The van der Waals surface area contributed by atoms with E-state index in [2.05, 4.69) is 42.5 Å². The van der Waals surface area contributed by atoms with Gasteiger partial charge >= 0.3 is 5.69 Å². The van der Waals surface area contributed by atoms with Gasteiger partial charge in [0.05, 0.1) is 65.6 Å². The summed E-state index contributed by atoms with van der Waals surface area (Å²) < 4.78 is 46.4. The van der Waals surface area contributed by atoms with E-state index < -0.39 is 30.0 Å². The number of halogens is 2. The number of piperidine rings is 2. The molecule has 4 fully saturated rings. The summed E-state index contributed by atoms with van der Waals surface area (Å²) in [5.41, 5.74) is 2.31. The minimum absolute atomic E-state index is 0.0184. The number of morpholine rings is 1. The molecular weight excluding hydrogens is 817 g/mol. The number of rotatable bonds is 10. The van der Waals surface area contributed by atoms with E-state index >= 15 is 0 Å². The molecule has 3 amide bonds. The highest BCUT2D eigenvalue weighted by Crippen LogP contribution is 2.36. The van der Waals surface area contributed by atoms with Crippen LogP contribution in [0.3, 0.4) is 0 Å².